The van der Waals surface area contributed by atoms with Crippen molar-refractivity contribution in [1.82, 2.24) is 0 Å². The minimum absolute atomic E-state index is 0.0967. The lowest BCUT2D eigenvalue weighted by Crippen LogP contribution is -2.64. The standard InChI is InChI=1S/C25H47O13P/c1-3-5-7-9-10-12-14-19(27)37-17(15-35-18(26)13-11-8-6-4-2)16-36-39(33,34)38-25-23(31)21(29)20(28)22(30)24(25)32/h17,20-25,28-32H,3-16H2,1-2H3,(H,33,34). The topological polar surface area (TPSA) is 210 Å². The van der Waals surface area contributed by atoms with Crippen molar-refractivity contribution in [3.8, 4) is 0 Å². The van der Waals surface area contributed by atoms with Crippen LogP contribution in [0.15, 0.2) is 0 Å². The molecular formula is C25H47O13P. The number of hydrogen-bond acceptors (Lipinski definition) is 12. The normalized spacial score (nSPS) is 27.5. The molecule has 13 nitrogen and oxygen atoms in total. The highest BCUT2D eigenvalue weighted by atomic mass is 31.2. The van der Waals surface area contributed by atoms with Gasteiger partial charge < -0.3 is 39.9 Å². The molecule has 14 heteroatoms. The van der Waals surface area contributed by atoms with Gasteiger partial charge in [0.15, 0.2) is 6.10 Å². The molecule has 1 fully saturated rings. The molecule has 0 amide bonds. The zero-order valence-electron chi connectivity index (χ0n) is 22.9. The van der Waals surface area contributed by atoms with Gasteiger partial charge in [-0.3, -0.25) is 18.6 Å². The van der Waals surface area contributed by atoms with Crippen LogP contribution >= 0.6 is 7.82 Å². The number of aliphatic hydroxyl groups excluding tert-OH is 5. The number of rotatable bonds is 20. The summed E-state index contributed by atoms with van der Waals surface area (Å²) in [7, 11) is -5.07. The monoisotopic (exact) mass is 586 g/mol. The summed E-state index contributed by atoms with van der Waals surface area (Å²) >= 11 is 0. The number of carbonyl (C=O) groups excluding carboxylic acids is 2. The van der Waals surface area contributed by atoms with Gasteiger partial charge in [0.05, 0.1) is 6.61 Å². The fourth-order valence-electron chi connectivity index (χ4n) is 4.05. The molecule has 6 unspecified atom stereocenters. The van der Waals surface area contributed by atoms with Crippen LogP contribution in [0.25, 0.3) is 0 Å². The Labute approximate surface area is 230 Å². The fourth-order valence-corrected chi connectivity index (χ4v) is 5.02. The lowest BCUT2D eigenvalue weighted by molar-refractivity contribution is -0.220. The molecular weight excluding hydrogens is 539 g/mol. The number of unbranched alkanes of at least 4 members (excludes halogenated alkanes) is 8. The molecule has 6 N–H and O–H groups in total. The van der Waals surface area contributed by atoms with Crippen molar-refractivity contribution in [1.29, 1.82) is 0 Å². The molecule has 6 atom stereocenters. The van der Waals surface area contributed by atoms with Crippen LogP contribution in [0.1, 0.15) is 90.9 Å². The predicted molar refractivity (Wildman–Crippen MR) is 138 cm³/mol. The number of phosphoric ester groups is 1. The summed E-state index contributed by atoms with van der Waals surface area (Å²) in [5.41, 5.74) is 0. The van der Waals surface area contributed by atoms with Gasteiger partial charge in [-0.05, 0) is 12.8 Å². The third-order valence-corrected chi connectivity index (χ3v) is 7.43. The molecule has 0 aromatic rings. The second kappa shape index (κ2) is 19.1. The van der Waals surface area contributed by atoms with Gasteiger partial charge in [0.2, 0.25) is 0 Å². The summed E-state index contributed by atoms with van der Waals surface area (Å²) in [6, 6.07) is 0. The van der Waals surface area contributed by atoms with E-state index in [-0.39, 0.29) is 12.8 Å². The second-order valence-corrected chi connectivity index (χ2v) is 11.3. The summed E-state index contributed by atoms with van der Waals surface area (Å²) in [5, 5.41) is 49.3. The van der Waals surface area contributed by atoms with Crippen molar-refractivity contribution in [3.05, 3.63) is 0 Å². The molecule has 0 aromatic heterocycles. The summed E-state index contributed by atoms with van der Waals surface area (Å²) in [5.74, 6) is -1.13. The molecule has 230 valence electrons. The molecule has 0 spiro atoms. The van der Waals surface area contributed by atoms with Gasteiger partial charge in [0.25, 0.3) is 0 Å². The molecule has 39 heavy (non-hydrogen) atoms. The Morgan fingerprint density at radius 1 is 0.692 bits per heavy atom. The minimum atomic E-state index is -5.07. The van der Waals surface area contributed by atoms with E-state index in [0.717, 1.165) is 51.4 Å². The van der Waals surface area contributed by atoms with Gasteiger partial charge in [-0.2, -0.15) is 0 Å². The Bertz CT molecular complexity index is 735. The van der Waals surface area contributed by atoms with E-state index in [9.17, 15) is 44.6 Å². The second-order valence-electron chi connectivity index (χ2n) is 9.91. The largest absolute Gasteiger partial charge is 0.472 e. The van der Waals surface area contributed by atoms with Gasteiger partial charge in [-0.25, -0.2) is 4.57 Å². The highest BCUT2D eigenvalue weighted by Crippen LogP contribution is 2.47. The Balaban J connectivity index is 2.70. The van der Waals surface area contributed by atoms with Crippen LogP contribution in [-0.2, 0) is 32.7 Å². The van der Waals surface area contributed by atoms with Crippen LogP contribution in [0.4, 0.5) is 0 Å². The third kappa shape index (κ3) is 13.8. The number of ether oxygens (including phenoxy) is 2. The molecule has 0 aliphatic heterocycles. The van der Waals surface area contributed by atoms with Crippen LogP contribution in [0.2, 0.25) is 0 Å². The van der Waals surface area contributed by atoms with Crippen molar-refractivity contribution in [2.45, 2.75) is 134 Å². The molecule has 0 bridgehead atoms. The van der Waals surface area contributed by atoms with Crippen molar-refractivity contribution >= 4 is 19.8 Å². The van der Waals surface area contributed by atoms with Crippen molar-refractivity contribution in [2.75, 3.05) is 13.2 Å². The summed E-state index contributed by atoms with van der Waals surface area (Å²) in [6.07, 6.45) is -3.74. The van der Waals surface area contributed by atoms with E-state index < -0.39 is 75.7 Å². The number of phosphoric acid groups is 1. The molecule has 1 aliphatic rings. The Morgan fingerprint density at radius 3 is 1.72 bits per heavy atom. The van der Waals surface area contributed by atoms with E-state index >= 15 is 0 Å². The maximum Gasteiger partial charge on any atom is 0.472 e. The summed E-state index contributed by atoms with van der Waals surface area (Å²) in [6.45, 7) is 2.97. The average Bonchev–Trinajstić information content (AvgIpc) is 2.90. The third-order valence-electron chi connectivity index (χ3n) is 6.45. The first kappa shape index (κ1) is 35.9. The number of esters is 2. The van der Waals surface area contributed by atoms with E-state index in [0.29, 0.717) is 12.8 Å². The van der Waals surface area contributed by atoms with E-state index in [2.05, 4.69) is 6.92 Å². The first-order chi connectivity index (χ1) is 18.4. The molecule has 1 aliphatic carbocycles. The van der Waals surface area contributed by atoms with Gasteiger partial charge in [0.1, 0.15) is 43.2 Å². The van der Waals surface area contributed by atoms with E-state index in [1.165, 1.54) is 0 Å². The van der Waals surface area contributed by atoms with Crippen LogP contribution in [0.5, 0.6) is 0 Å². The maximum absolute atomic E-state index is 12.5. The fraction of sp³-hybridized carbons (Fsp3) is 0.920. The predicted octanol–water partition coefficient (Wildman–Crippen LogP) is 1.48. The summed E-state index contributed by atoms with van der Waals surface area (Å²) < 4.78 is 32.6. The zero-order valence-corrected chi connectivity index (χ0v) is 23.8. The van der Waals surface area contributed by atoms with Crippen molar-refractivity contribution in [2.24, 2.45) is 0 Å². The SMILES string of the molecule is CCCCCCCCC(=O)OC(COC(=O)CCCCCC)COP(=O)(O)OC1C(O)C(O)C(O)C(O)C1O. The highest BCUT2D eigenvalue weighted by Gasteiger charge is 2.51. The average molecular weight is 587 g/mol. The van der Waals surface area contributed by atoms with Gasteiger partial charge in [-0.15, -0.1) is 0 Å². The molecule has 0 heterocycles. The van der Waals surface area contributed by atoms with Crippen molar-refractivity contribution in [3.63, 3.8) is 0 Å². The van der Waals surface area contributed by atoms with Crippen LogP contribution in [-0.4, -0.2) is 98.3 Å². The molecule has 0 saturated heterocycles. The lowest BCUT2D eigenvalue weighted by Gasteiger charge is -2.41. The zero-order chi connectivity index (χ0) is 29.4. The number of carbonyl (C=O) groups is 2. The van der Waals surface area contributed by atoms with Crippen molar-refractivity contribution < 1.29 is 63.1 Å². The van der Waals surface area contributed by atoms with Crippen LogP contribution in [0.3, 0.4) is 0 Å². The molecule has 0 aromatic carbocycles. The van der Waals surface area contributed by atoms with E-state index in [4.69, 9.17) is 18.5 Å². The van der Waals surface area contributed by atoms with Crippen LogP contribution in [0, 0.1) is 0 Å². The Kier molecular flexibility index (Phi) is 17.5. The smallest absolute Gasteiger partial charge is 0.462 e. The van der Waals surface area contributed by atoms with Gasteiger partial charge >= 0.3 is 19.8 Å². The summed E-state index contributed by atoms with van der Waals surface area (Å²) in [4.78, 5) is 34.5. The first-order valence-electron chi connectivity index (χ1n) is 13.8. The first-order valence-corrected chi connectivity index (χ1v) is 15.3. The minimum Gasteiger partial charge on any atom is -0.462 e. The van der Waals surface area contributed by atoms with Gasteiger partial charge in [0, 0.05) is 12.8 Å². The molecule has 0 radical (unpaired) electrons. The van der Waals surface area contributed by atoms with E-state index in [1.807, 2.05) is 6.92 Å². The molecule has 1 rings (SSSR count). The lowest BCUT2D eigenvalue weighted by atomic mass is 9.85. The van der Waals surface area contributed by atoms with E-state index in [1.54, 1.807) is 0 Å². The molecule has 1 saturated carbocycles. The quantitative estimate of drug-likeness (QED) is 0.0679. The Morgan fingerprint density at radius 2 is 1.15 bits per heavy atom. The highest BCUT2D eigenvalue weighted by molar-refractivity contribution is 7.47. The number of aliphatic hydroxyl groups is 5. The van der Waals surface area contributed by atoms with Gasteiger partial charge in [-0.1, -0.05) is 65.2 Å². The number of hydrogen-bond donors (Lipinski definition) is 6. The maximum atomic E-state index is 12.5. The van der Waals surface area contributed by atoms with Crippen LogP contribution < -0.4 is 0 Å². The Hall–Kier alpha value is -1.15.